The third kappa shape index (κ3) is 4.14. The van der Waals surface area contributed by atoms with Gasteiger partial charge in [-0.25, -0.2) is 8.78 Å². The SMILES string of the molecule is Fc1cc(C(Cl)CCC2CCCCO2)c(F)cc1Br. The van der Waals surface area contributed by atoms with Crippen LogP contribution in [-0.2, 0) is 4.74 Å². The van der Waals surface area contributed by atoms with Crippen LogP contribution in [0.3, 0.4) is 0 Å². The van der Waals surface area contributed by atoms with E-state index < -0.39 is 17.0 Å². The molecule has 0 spiro atoms. The van der Waals surface area contributed by atoms with Gasteiger partial charge in [0.1, 0.15) is 11.6 Å². The third-order valence-corrected chi connectivity index (χ3v) is 4.45. The Balaban J connectivity index is 1.95. The van der Waals surface area contributed by atoms with Crippen LogP contribution in [0.4, 0.5) is 8.78 Å². The van der Waals surface area contributed by atoms with E-state index in [0.29, 0.717) is 6.42 Å². The fourth-order valence-electron chi connectivity index (χ4n) is 2.30. The minimum Gasteiger partial charge on any atom is -0.378 e. The summed E-state index contributed by atoms with van der Waals surface area (Å²) < 4.78 is 32.9. The number of alkyl halides is 1. The molecule has 2 rings (SSSR count). The molecule has 0 radical (unpaired) electrons. The first-order chi connectivity index (χ1) is 9.08. The van der Waals surface area contributed by atoms with Crippen molar-refractivity contribution in [2.24, 2.45) is 0 Å². The number of benzene rings is 1. The van der Waals surface area contributed by atoms with Gasteiger partial charge in [0.25, 0.3) is 0 Å². The quantitative estimate of drug-likeness (QED) is 0.523. The molecule has 19 heavy (non-hydrogen) atoms. The van der Waals surface area contributed by atoms with Crippen molar-refractivity contribution in [2.45, 2.75) is 43.6 Å². The lowest BCUT2D eigenvalue weighted by Gasteiger charge is -2.23. The van der Waals surface area contributed by atoms with Crippen molar-refractivity contribution in [3.05, 3.63) is 33.8 Å². The van der Waals surface area contributed by atoms with Crippen LogP contribution < -0.4 is 0 Å². The second kappa shape index (κ2) is 7.00. The zero-order chi connectivity index (χ0) is 13.8. The van der Waals surface area contributed by atoms with E-state index in [1.807, 2.05) is 0 Å². The third-order valence-electron chi connectivity index (χ3n) is 3.39. The van der Waals surface area contributed by atoms with Crippen molar-refractivity contribution in [1.29, 1.82) is 0 Å². The minimum atomic E-state index is -0.520. The van der Waals surface area contributed by atoms with E-state index >= 15 is 0 Å². The Kier molecular flexibility index (Phi) is 5.60. The molecule has 0 aromatic heterocycles. The Morgan fingerprint density at radius 2 is 2.11 bits per heavy atom. The van der Waals surface area contributed by atoms with Crippen LogP contribution >= 0.6 is 27.5 Å². The number of hydrogen-bond donors (Lipinski definition) is 0. The molecule has 1 nitrogen and oxygen atoms in total. The van der Waals surface area contributed by atoms with Gasteiger partial charge in [0.15, 0.2) is 0 Å². The highest BCUT2D eigenvalue weighted by Crippen LogP contribution is 2.32. The maximum absolute atomic E-state index is 13.7. The van der Waals surface area contributed by atoms with Gasteiger partial charge >= 0.3 is 0 Å². The molecule has 1 fully saturated rings. The van der Waals surface area contributed by atoms with Crippen LogP contribution in [0, 0.1) is 11.6 Å². The van der Waals surface area contributed by atoms with Crippen LogP contribution in [0.2, 0.25) is 0 Å². The monoisotopic (exact) mass is 352 g/mol. The van der Waals surface area contributed by atoms with E-state index in [9.17, 15) is 8.78 Å². The normalized spacial score (nSPS) is 21.4. The summed E-state index contributed by atoms with van der Waals surface area (Å²) in [6, 6.07) is 2.29. The summed E-state index contributed by atoms with van der Waals surface area (Å²) in [5.41, 5.74) is 0.221. The topological polar surface area (TPSA) is 9.23 Å². The first-order valence-corrected chi connectivity index (χ1v) is 7.71. The summed E-state index contributed by atoms with van der Waals surface area (Å²) in [5.74, 6) is -0.964. The van der Waals surface area contributed by atoms with Crippen LogP contribution in [0.5, 0.6) is 0 Å². The largest absolute Gasteiger partial charge is 0.378 e. The highest BCUT2D eigenvalue weighted by Gasteiger charge is 2.19. The average molecular weight is 354 g/mol. The fraction of sp³-hybridized carbons (Fsp3) is 0.571. The summed E-state index contributed by atoms with van der Waals surface area (Å²) >= 11 is 9.13. The molecule has 106 valence electrons. The van der Waals surface area contributed by atoms with Gasteiger partial charge in [0.05, 0.1) is 16.0 Å². The van der Waals surface area contributed by atoms with Gasteiger partial charge in [-0.05, 0) is 60.2 Å². The molecule has 2 atom stereocenters. The standard InChI is InChI=1S/C14H16BrClF2O/c15-11-8-13(17)10(7-14(11)18)12(16)5-4-9-3-1-2-6-19-9/h7-9,12H,1-6H2. The second-order valence-corrected chi connectivity index (χ2v) is 6.20. The Labute approximate surface area is 125 Å². The number of hydrogen-bond acceptors (Lipinski definition) is 1. The van der Waals surface area contributed by atoms with Gasteiger partial charge in [-0.15, -0.1) is 11.6 Å². The molecule has 1 aliphatic heterocycles. The number of rotatable bonds is 4. The van der Waals surface area contributed by atoms with Crippen molar-refractivity contribution >= 4 is 27.5 Å². The van der Waals surface area contributed by atoms with Gasteiger partial charge in [-0.2, -0.15) is 0 Å². The Hall–Kier alpha value is -0.190. The molecule has 2 unspecified atom stereocenters. The van der Waals surface area contributed by atoms with Gasteiger partial charge in [0, 0.05) is 12.2 Å². The van der Waals surface area contributed by atoms with Crippen LogP contribution in [0.1, 0.15) is 43.0 Å². The van der Waals surface area contributed by atoms with Gasteiger partial charge in [-0.3, -0.25) is 0 Å². The highest BCUT2D eigenvalue weighted by molar-refractivity contribution is 9.10. The van der Waals surface area contributed by atoms with E-state index in [-0.39, 0.29) is 16.1 Å². The van der Waals surface area contributed by atoms with Crippen molar-refractivity contribution in [3.8, 4) is 0 Å². The maximum Gasteiger partial charge on any atom is 0.137 e. The fourth-order valence-corrected chi connectivity index (χ4v) is 2.91. The second-order valence-electron chi connectivity index (χ2n) is 4.82. The van der Waals surface area contributed by atoms with Crippen molar-refractivity contribution < 1.29 is 13.5 Å². The van der Waals surface area contributed by atoms with E-state index in [2.05, 4.69) is 15.9 Å². The molecule has 0 saturated carbocycles. The number of halogens is 4. The molecule has 0 amide bonds. The van der Waals surface area contributed by atoms with Crippen molar-refractivity contribution in [3.63, 3.8) is 0 Å². The molecule has 0 bridgehead atoms. The summed E-state index contributed by atoms with van der Waals surface area (Å²) in [6.45, 7) is 0.791. The predicted octanol–water partition coefficient (Wildman–Crippen LogP) is 5.36. The van der Waals surface area contributed by atoms with E-state index in [1.54, 1.807) is 0 Å². The maximum atomic E-state index is 13.7. The molecule has 1 aromatic carbocycles. The van der Waals surface area contributed by atoms with Crippen LogP contribution in [0.15, 0.2) is 16.6 Å². The van der Waals surface area contributed by atoms with Gasteiger partial charge < -0.3 is 4.74 Å². The van der Waals surface area contributed by atoms with E-state index in [1.165, 1.54) is 12.5 Å². The highest BCUT2D eigenvalue weighted by atomic mass is 79.9. The Morgan fingerprint density at radius 1 is 1.32 bits per heavy atom. The summed E-state index contributed by atoms with van der Waals surface area (Å²) in [5, 5.41) is -0.520. The minimum absolute atomic E-state index is 0.119. The van der Waals surface area contributed by atoms with E-state index in [4.69, 9.17) is 16.3 Å². The summed E-state index contributed by atoms with van der Waals surface area (Å²) in [7, 11) is 0. The zero-order valence-electron chi connectivity index (χ0n) is 10.5. The van der Waals surface area contributed by atoms with E-state index in [0.717, 1.165) is 31.9 Å². The molecular weight excluding hydrogens is 338 g/mol. The lowest BCUT2D eigenvalue weighted by molar-refractivity contribution is 0.00997. The molecule has 1 aromatic rings. The Bertz CT molecular complexity index is 436. The summed E-state index contributed by atoms with van der Waals surface area (Å²) in [4.78, 5) is 0. The lowest BCUT2D eigenvalue weighted by atomic mass is 10.0. The van der Waals surface area contributed by atoms with Crippen molar-refractivity contribution in [1.82, 2.24) is 0 Å². The predicted molar refractivity (Wildman–Crippen MR) is 75.5 cm³/mol. The van der Waals surface area contributed by atoms with Crippen molar-refractivity contribution in [2.75, 3.05) is 6.61 Å². The molecule has 1 aliphatic rings. The van der Waals surface area contributed by atoms with Crippen LogP contribution in [-0.4, -0.2) is 12.7 Å². The Morgan fingerprint density at radius 3 is 2.79 bits per heavy atom. The van der Waals surface area contributed by atoms with Gasteiger partial charge in [-0.1, -0.05) is 0 Å². The first-order valence-electron chi connectivity index (χ1n) is 6.48. The molecular formula is C14H16BrClF2O. The van der Waals surface area contributed by atoms with Crippen LogP contribution in [0.25, 0.3) is 0 Å². The molecule has 5 heteroatoms. The lowest BCUT2D eigenvalue weighted by Crippen LogP contribution is -2.19. The van der Waals surface area contributed by atoms with Gasteiger partial charge in [0.2, 0.25) is 0 Å². The molecule has 0 aliphatic carbocycles. The molecule has 1 saturated heterocycles. The molecule has 0 N–H and O–H groups in total. The molecule has 1 heterocycles. The zero-order valence-corrected chi connectivity index (χ0v) is 12.8. The first kappa shape index (κ1) is 15.2. The number of ether oxygens (including phenoxy) is 1. The average Bonchev–Trinajstić information content (AvgIpc) is 2.41. The summed E-state index contributed by atoms with van der Waals surface area (Å²) in [6.07, 6.45) is 4.88. The smallest absolute Gasteiger partial charge is 0.137 e.